The largest absolute Gasteiger partial charge is 0.480 e. The maximum atomic E-state index is 11.8. The highest BCUT2D eigenvalue weighted by molar-refractivity contribution is 9.11. The zero-order chi connectivity index (χ0) is 14.6. The normalized spacial score (nSPS) is 12.1. The second-order valence-corrected chi connectivity index (χ2v) is 6.05. The van der Waals surface area contributed by atoms with Crippen molar-refractivity contribution in [2.45, 2.75) is 19.9 Å². The molecule has 0 bridgehead atoms. The molecule has 1 rings (SSSR count). The Morgan fingerprint density at radius 1 is 1.26 bits per heavy atom. The van der Waals surface area contributed by atoms with E-state index in [4.69, 9.17) is 5.11 Å². The number of aliphatic carboxylic acids is 1. The van der Waals surface area contributed by atoms with Gasteiger partial charge in [-0.1, -0.05) is 29.8 Å². The number of benzene rings is 1. The maximum absolute atomic E-state index is 11.8. The summed E-state index contributed by atoms with van der Waals surface area (Å²) in [6, 6.07) is 3.83. The standard InChI is InChI=1S/C12H14Br2N2O3/c1-6(2)10(11(17)18)16-12(19)15-9-5-7(13)3-4-8(9)14/h3-6,10H,1-2H3,(H,17,18)(H2,15,16,19). The second kappa shape index (κ2) is 6.91. The van der Waals surface area contributed by atoms with Crippen LogP contribution in [0.2, 0.25) is 0 Å². The Hall–Kier alpha value is -1.08. The smallest absolute Gasteiger partial charge is 0.326 e. The van der Waals surface area contributed by atoms with E-state index in [1.54, 1.807) is 26.0 Å². The predicted molar refractivity (Wildman–Crippen MR) is 80.3 cm³/mol. The van der Waals surface area contributed by atoms with Crippen molar-refractivity contribution >= 4 is 49.5 Å². The van der Waals surface area contributed by atoms with E-state index in [-0.39, 0.29) is 5.92 Å². The van der Waals surface area contributed by atoms with Crippen molar-refractivity contribution in [3.8, 4) is 0 Å². The van der Waals surface area contributed by atoms with E-state index in [2.05, 4.69) is 42.5 Å². The van der Waals surface area contributed by atoms with E-state index in [0.717, 1.165) is 4.47 Å². The van der Waals surface area contributed by atoms with Crippen LogP contribution >= 0.6 is 31.9 Å². The van der Waals surface area contributed by atoms with E-state index in [9.17, 15) is 9.59 Å². The maximum Gasteiger partial charge on any atom is 0.326 e. The van der Waals surface area contributed by atoms with Gasteiger partial charge in [-0.25, -0.2) is 9.59 Å². The third-order valence-electron chi connectivity index (χ3n) is 2.40. The SMILES string of the molecule is CC(C)C(NC(=O)Nc1cc(Br)ccc1Br)C(=O)O. The molecular weight excluding hydrogens is 380 g/mol. The Balaban J connectivity index is 2.74. The molecule has 0 saturated carbocycles. The lowest BCUT2D eigenvalue weighted by atomic mass is 10.1. The van der Waals surface area contributed by atoms with Gasteiger partial charge in [0.05, 0.1) is 5.69 Å². The number of carbonyl (C=O) groups excluding carboxylic acids is 1. The summed E-state index contributed by atoms with van der Waals surface area (Å²) in [6.07, 6.45) is 0. The molecule has 2 amide bonds. The molecule has 1 aromatic carbocycles. The molecule has 0 saturated heterocycles. The van der Waals surface area contributed by atoms with Crippen LogP contribution in [0.3, 0.4) is 0 Å². The fourth-order valence-electron chi connectivity index (χ4n) is 1.41. The van der Waals surface area contributed by atoms with Gasteiger partial charge in [0.2, 0.25) is 0 Å². The summed E-state index contributed by atoms with van der Waals surface area (Å²) in [5, 5.41) is 14.0. The summed E-state index contributed by atoms with van der Waals surface area (Å²) in [5.41, 5.74) is 0.555. The monoisotopic (exact) mass is 392 g/mol. The zero-order valence-electron chi connectivity index (χ0n) is 10.4. The van der Waals surface area contributed by atoms with Gasteiger partial charge in [-0.15, -0.1) is 0 Å². The lowest BCUT2D eigenvalue weighted by molar-refractivity contribution is -0.140. The third-order valence-corrected chi connectivity index (χ3v) is 3.58. The first-order valence-corrected chi connectivity index (χ1v) is 7.15. The molecule has 5 nitrogen and oxygen atoms in total. The highest BCUT2D eigenvalue weighted by atomic mass is 79.9. The van der Waals surface area contributed by atoms with Gasteiger partial charge in [-0.3, -0.25) is 0 Å². The molecule has 0 spiro atoms. The highest BCUT2D eigenvalue weighted by Crippen LogP contribution is 2.26. The van der Waals surface area contributed by atoms with Gasteiger partial charge < -0.3 is 15.7 Å². The van der Waals surface area contributed by atoms with Crippen LogP contribution in [0.1, 0.15) is 13.8 Å². The molecule has 0 aliphatic rings. The number of urea groups is 1. The van der Waals surface area contributed by atoms with E-state index in [1.807, 2.05) is 6.07 Å². The van der Waals surface area contributed by atoms with Crippen LogP contribution in [0.4, 0.5) is 10.5 Å². The first-order chi connectivity index (χ1) is 8.81. The molecule has 19 heavy (non-hydrogen) atoms. The van der Waals surface area contributed by atoms with E-state index < -0.39 is 18.0 Å². The lowest BCUT2D eigenvalue weighted by Gasteiger charge is -2.18. The number of amides is 2. The van der Waals surface area contributed by atoms with Gasteiger partial charge >= 0.3 is 12.0 Å². The number of carboxylic acid groups (broad SMARTS) is 1. The lowest BCUT2D eigenvalue weighted by Crippen LogP contribution is -2.46. The Morgan fingerprint density at radius 3 is 2.42 bits per heavy atom. The minimum atomic E-state index is -1.06. The number of hydrogen-bond acceptors (Lipinski definition) is 2. The summed E-state index contributed by atoms with van der Waals surface area (Å²) >= 11 is 6.60. The van der Waals surface area contributed by atoms with Crippen LogP contribution in [-0.2, 0) is 4.79 Å². The third kappa shape index (κ3) is 4.83. The van der Waals surface area contributed by atoms with Gasteiger partial charge in [-0.2, -0.15) is 0 Å². The quantitative estimate of drug-likeness (QED) is 0.733. The van der Waals surface area contributed by atoms with E-state index >= 15 is 0 Å². The van der Waals surface area contributed by atoms with E-state index in [1.165, 1.54) is 0 Å². The van der Waals surface area contributed by atoms with Gasteiger partial charge in [0.1, 0.15) is 6.04 Å². The number of anilines is 1. The summed E-state index contributed by atoms with van der Waals surface area (Å²) in [7, 11) is 0. The summed E-state index contributed by atoms with van der Waals surface area (Å²) in [6.45, 7) is 3.46. The van der Waals surface area contributed by atoms with Crippen LogP contribution in [0.25, 0.3) is 0 Å². The van der Waals surface area contributed by atoms with Gasteiger partial charge in [0, 0.05) is 8.95 Å². The molecule has 1 aromatic rings. The van der Waals surface area contributed by atoms with Crippen LogP contribution in [0.5, 0.6) is 0 Å². The molecule has 1 atom stereocenters. The van der Waals surface area contributed by atoms with Gasteiger partial charge in [-0.05, 0) is 40.0 Å². The van der Waals surface area contributed by atoms with Crippen LogP contribution in [0.15, 0.2) is 27.1 Å². The van der Waals surface area contributed by atoms with E-state index in [0.29, 0.717) is 10.2 Å². The molecule has 1 unspecified atom stereocenters. The zero-order valence-corrected chi connectivity index (χ0v) is 13.6. The van der Waals surface area contributed by atoms with Crippen LogP contribution < -0.4 is 10.6 Å². The minimum Gasteiger partial charge on any atom is -0.480 e. The number of rotatable bonds is 4. The van der Waals surface area contributed by atoms with Crippen molar-refractivity contribution in [1.82, 2.24) is 5.32 Å². The molecule has 0 aromatic heterocycles. The fraction of sp³-hybridized carbons (Fsp3) is 0.333. The molecule has 104 valence electrons. The number of carboxylic acids is 1. The van der Waals surface area contributed by atoms with Crippen molar-refractivity contribution in [1.29, 1.82) is 0 Å². The van der Waals surface area contributed by atoms with Crippen molar-refractivity contribution < 1.29 is 14.7 Å². The number of halogens is 2. The Kier molecular flexibility index (Phi) is 5.81. The highest BCUT2D eigenvalue weighted by Gasteiger charge is 2.23. The number of nitrogens with one attached hydrogen (secondary N) is 2. The second-order valence-electron chi connectivity index (χ2n) is 4.28. The minimum absolute atomic E-state index is 0.200. The predicted octanol–water partition coefficient (Wildman–Crippen LogP) is 3.44. The number of carbonyl (C=O) groups is 2. The summed E-state index contributed by atoms with van der Waals surface area (Å²) in [5.74, 6) is -1.26. The van der Waals surface area contributed by atoms with Crippen molar-refractivity contribution in [3.63, 3.8) is 0 Å². The molecular formula is C12H14Br2N2O3. The van der Waals surface area contributed by atoms with Crippen LogP contribution in [0, 0.1) is 5.92 Å². The van der Waals surface area contributed by atoms with Crippen molar-refractivity contribution in [2.24, 2.45) is 5.92 Å². The molecule has 0 aliphatic carbocycles. The first-order valence-electron chi connectivity index (χ1n) is 5.56. The molecule has 0 heterocycles. The summed E-state index contributed by atoms with van der Waals surface area (Å²) in [4.78, 5) is 22.8. The molecule has 0 radical (unpaired) electrons. The van der Waals surface area contributed by atoms with Crippen molar-refractivity contribution in [2.75, 3.05) is 5.32 Å². The fourth-order valence-corrected chi connectivity index (χ4v) is 2.11. The molecule has 0 aliphatic heterocycles. The van der Waals surface area contributed by atoms with Crippen LogP contribution in [-0.4, -0.2) is 23.1 Å². The topological polar surface area (TPSA) is 78.4 Å². The molecule has 3 N–H and O–H groups in total. The molecule has 0 fully saturated rings. The Bertz CT molecular complexity index is 492. The average molecular weight is 394 g/mol. The first kappa shape index (κ1) is 16.0. The number of hydrogen-bond donors (Lipinski definition) is 3. The summed E-state index contributed by atoms with van der Waals surface area (Å²) < 4.78 is 1.52. The molecule has 7 heteroatoms. The average Bonchev–Trinajstić information content (AvgIpc) is 2.30. The van der Waals surface area contributed by atoms with Crippen molar-refractivity contribution in [3.05, 3.63) is 27.1 Å². The Labute approximate surface area is 128 Å². The Morgan fingerprint density at radius 2 is 1.89 bits per heavy atom. The van der Waals surface area contributed by atoms with Gasteiger partial charge in [0.15, 0.2) is 0 Å². The van der Waals surface area contributed by atoms with Gasteiger partial charge in [0.25, 0.3) is 0 Å².